The highest BCUT2D eigenvalue weighted by Crippen LogP contribution is 2.32. The van der Waals surface area contributed by atoms with Gasteiger partial charge in [-0.2, -0.15) is 0 Å². The number of hydrogen-bond acceptors (Lipinski definition) is 6. The van der Waals surface area contributed by atoms with Crippen LogP contribution in [0.15, 0.2) is 30.3 Å². The van der Waals surface area contributed by atoms with Crippen LogP contribution >= 0.6 is 0 Å². The lowest BCUT2D eigenvalue weighted by Gasteiger charge is -2.28. The van der Waals surface area contributed by atoms with Crippen LogP contribution in [0.1, 0.15) is 46.1 Å². The first-order valence-corrected chi connectivity index (χ1v) is 8.85. The molecule has 0 fully saturated rings. The molecule has 6 heteroatoms. The van der Waals surface area contributed by atoms with Crippen LogP contribution in [0.5, 0.6) is 0 Å². The number of carbonyl (C=O) groups is 3. The molecule has 0 aromatic heterocycles. The summed E-state index contributed by atoms with van der Waals surface area (Å²) in [5, 5.41) is 0. The minimum atomic E-state index is -0.869. The number of esters is 3. The fourth-order valence-corrected chi connectivity index (χ4v) is 2.49. The molecule has 0 aliphatic rings. The molecule has 0 aliphatic heterocycles. The summed E-state index contributed by atoms with van der Waals surface area (Å²) in [5.41, 5.74) is -0.0138. The quantitative estimate of drug-likeness (QED) is 0.468. The van der Waals surface area contributed by atoms with Gasteiger partial charge in [0.2, 0.25) is 0 Å². The van der Waals surface area contributed by atoms with Crippen molar-refractivity contribution in [1.29, 1.82) is 0 Å². The van der Waals surface area contributed by atoms with Gasteiger partial charge < -0.3 is 14.2 Å². The molecule has 2 atom stereocenters. The van der Waals surface area contributed by atoms with E-state index in [2.05, 4.69) is 0 Å². The molecule has 144 valence electrons. The van der Waals surface area contributed by atoms with Crippen molar-refractivity contribution in [1.82, 2.24) is 0 Å². The Morgan fingerprint density at radius 2 is 1.69 bits per heavy atom. The Kier molecular flexibility index (Phi) is 8.82. The minimum absolute atomic E-state index is 0.127. The van der Waals surface area contributed by atoms with Gasteiger partial charge in [0, 0.05) is 0 Å². The van der Waals surface area contributed by atoms with E-state index >= 15 is 0 Å². The molecule has 2 unspecified atom stereocenters. The maximum atomic E-state index is 12.4. The van der Waals surface area contributed by atoms with Crippen LogP contribution in [-0.2, 0) is 35.2 Å². The molecule has 0 N–H and O–H groups in total. The van der Waals surface area contributed by atoms with Crippen molar-refractivity contribution >= 4 is 17.9 Å². The maximum Gasteiger partial charge on any atom is 0.344 e. The molecular weight excluding hydrogens is 336 g/mol. The summed E-state index contributed by atoms with van der Waals surface area (Å²) < 4.78 is 15.2. The molecule has 6 nitrogen and oxygen atoms in total. The molecule has 0 spiro atoms. The zero-order valence-electron chi connectivity index (χ0n) is 15.9. The molecule has 0 radical (unpaired) electrons. The fraction of sp³-hybridized carbons (Fsp3) is 0.550. The maximum absolute atomic E-state index is 12.4. The minimum Gasteiger partial charge on any atom is -0.466 e. The van der Waals surface area contributed by atoms with Crippen LogP contribution in [0.2, 0.25) is 0 Å². The Labute approximate surface area is 154 Å². The van der Waals surface area contributed by atoms with Crippen molar-refractivity contribution in [2.75, 3.05) is 13.2 Å². The predicted molar refractivity (Wildman–Crippen MR) is 96.0 cm³/mol. The second-order valence-electron chi connectivity index (χ2n) is 6.49. The monoisotopic (exact) mass is 364 g/mol. The van der Waals surface area contributed by atoms with Crippen molar-refractivity contribution < 1.29 is 28.6 Å². The van der Waals surface area contributed by atoms with Crippen molar-refractivity contribution in [3.05, 3.63) is 35.9 Å². The van der Waals surface area contributed by atoms with Gasteiger partial charge in [-0.15, -0.1) is 0 Å². The molecule has 1 aromatic rings. The lowest BCUT2D eigenvalue weighted by atomic mass is 9.79. The van der Waals surface area contributed by atoms with Crippen LogP contribution in [0, 0.1) is 11.3 Å². The van der Waals surface area contributed by atoms with E-state index < -0.39 is 29.9 Å². The summed E-state index contributed by atoms with van der Waals surface area (Å²) in [7, 11) is 0. The summed E-state index contributed by atoms with van der Waals surface area (Å²) >= 11 is 0. The molecule has 0 saturated heterocycles. The summed E-state index contributed by atoms with van der Waals surface area (Å²) in [4.78, 5) is 36.0. The molecular formula is C20H28O6. The van der Waals surface area contributed by atoms with Gasteiger partial charge in [0.15, 0.2) is 6.61 Å². The topological polar surface area (TPSA) is 78.9 Å². The Morgan fingerprint density at radius 1 is 1.04 bits per heavy atom. The average molecular weight is 364 g/mol. The highest BCUT2D eigenvalue weighted by molar-refractivity contribution is 5.81. The Morgan fingerprint density at radius 3 is 2.27 bits per heavy atom. The fourth-order valence-electron chi connectivity index (χ4n) is 2.49. The Bertz CT molecular complexity index is 598. The normalized spacial score (nSPS) is 14.0. The molecule has 0 heterocycles. The first kappa shape index (κ1) is 21.7. The lowest BCUT2D eigenvalue weighted by Crippen LogP contribution is -2.34. The first-order valence-electron chi connectivity index (χ1n) is 8.85. The smallest absolute Gasteiger partial charge is 0.344 e. The number of ether oxygens (including phenoxy) is 3. The van der Waals surface area contributed by atoms with Gasteiger partial charge in [-0.3, -0.25) is 9.59 Å². The SMILES string of the molecule is CCOC(=O)C(C)CC(C)(CC)C(=O)OCC(=O)OCc1ccccc1. The molecule has 0 bridgehead atoms. The molecule has 0 saturated carbocycles. The van der Waals surface area contributed by atoms with Gasteiger partial charge in [0.05, 0.1) is 17.9 Å². The number of hydrogen-bond donors (Lipinski definition) is 0. The zero-order valence-corrected chi connectivity index (χ0v) is 15.9. The Hall–Kier alpha value is -2.37. The Balaban J connectivity index is 2.49. The highest BCUT2D eigenvalue weighted by Gasteiger charge is 2.37. The molecule has 1 aromatic carbocycles. The number of rotatable bonds is 10. The second kappa shape index (κ2) is 10.6. The van der Waals surface area contributed by atoms with Gasteiger partial charge in [0.25, 0.3) is 0 Å². The number of benzene rings is 1. The van der Waals surface area contributed by atoms with E-state index in [0.717, 1.165) is 5.56 Å². The van der Waals surface area contributed by atoms with Crippen LogP contribution < -0.4 is 0 Å². The van der Waals surface area contributed by atoms with E-state index in [1.54, 1.807) is 20.8 Å². The largest absolute Gasteiger partial charge is 0.466 e. The van der Waals surface area contributed by atoms with E-state index in [1.807, 2.05) is 37.3 Å². The van der Waals surface area contributed by atoms with Crippen molar-refractivity contribution in [2.45, 2.75) is 47.1 Å². The van der Waals surface area contributed by atoms with Gasteiger partial charge in [0.1, 0.15) is 6.61 Å². The molecule has 0 amide bonds. The third-order valence-electron chi connectivity index (χ3n) is 4.28. The van der Waals surface area contributed by atoms with Crippen LogP contribution in [-0.4, -0.2) is 31.1 Å². The van der Waals surface area contributed by atoms with Gasteiger partial charge in [-0.25, -0.2) is 4.79 Å². The zero-order chi connectivity index (χ0) is 19.6. The lowest BCUT2D eigenvalue weighted by molar-refractivity contribution is -0.167. The summed E-state index contributed by atoms with van der Waals surface area (Å²) in [5.74, 6) is -1.91. The van der Waals surface area contributed by atoms with Gasteiger partial charge in [-0.05, 0) is 32.3 Å². The standard InChI is InChI=1S/C20H28O6/c1-5-20(4,12-15(3)18(22)24-6-2)19(23)26-14-17(21)25-13-16-10-8-7-9-11-16/h7-11,15H,5-6,12-14H2,1-4H3. The van der Waals surface area contributed by atoms with E-state index in [1.165, 1.54) is 0 Å². The molecule has 26 heavy (non-hydrogen) atoms. The summed E-state index contributed by atoms with van der Waals surface area (Å²) in [6.07, 6.45) is 0.773. The third kappa shape index (κ3) is 6.86. The van der Waals surface area contributed by atoms with E-state index in [-0.39, 0.29) is 12.6 Å². The van der Waals surface area contributed by atoms with Crippen LogP contribution in [0.25, 0.3) is 0 Å². The summed E-state index contributed by atoms with van der Waals surface area (Å²) in [6, 6.07) is 9.24. The second-order valence-corrected chi connectivity index (χ2v) is 6.49. The van der Waals surface area contributed by atoms with E-state index in [0.29, 0.717) is 19.4 Å². The average Bonchev–Trinajstić information content (AvgIpc) is 2.65. The van der Waals surface area contributed by atoms with E-state index in [4.69, 9.17) is 14.2 Å². The van der Waals surface area contributed by atoms with Crippen molar-refractivity contribution in [2.24, 2.45) is 11.3 Å². The number of carbonyl (C=O) groups excluding carboxylic acids is 3. The van der Waals surface area contributed by atoms with Gasteiger partial charge in [-0.1, -0.05) is 44.2 Å². The molecule has 0 aliphatic carbocycles. The van der Waals surface area contributed by atoms with Crippen molar-refractivity contribution in [3.63, 3.8) is 0 Å². The summed E-state index contributed by atoms with van der Waals surface area (Å²) in [6.45, 7) is 6.99. The first-order chi connectivity index (χ1) is 12.3. The predicted octanol–water partition coefficient (Wildman–Crippen LogP) is 3.28. The van der Waals surface area contributed by atoms with Crippen LogP contribution in [0.3, 0.4) is 0 Å². The molecule has 1 rings (SSSR count). The highest BCUT2D eigenvalue weighted by atomic mass is 16.6. The van der Waals surface area contributed by atoms with E-state index in [9.17, 15) is 14.4 Å². The third-order valence-corrected chi connectivity index (χ3v) is 4.28. The van der Waals surface area contributed by atoms with Gasteiger partial charge >= 0.3 is 17.9 Å². The van der Waals surface area contributed by atoms with Crippen molar-refractivity contribution in [3.8, 4) is 0 Å². The van der Waals surface area contributed by atoms with Crippen LogP contribution in [0.4, 0.5) is 0 Å².